The van der Waals surface area contributed by atoms with Gasteiger partial charge in [-0.2, -0.15) is 0 Å². The molecule has 0 aliphatic rings. The number of fused-ring (bicyclic) bond motifs is 1. The first-order chi connectivity index (χ1) is 11.6. The third kappa shape index (κ3) is 3.05. The molecule has 0 aliphatic heterocycles. The first-order valence-corrected chi connectivity index (χ1v) is 7.87. The molecule has 0 radical (unpaired) electrons. The van der Waals surface area contributed by atoms with Crippen LogP contribution in [0.15, 0.2) is 48.7 Å². The van der Waals surface area contributed by atoms with E-state index in [1.54, 1.807) is 7.11 Å². The molecule has 2 aromatic carbocycles. The number of esters is 1. The molecule has 124 valence electrons. The summed E-state index contributed by atoms with van der Waals surface area (Å²) in [5.41, 5.74) is 4.97. The van der Waals surface area contributed by atoms with E-state index in [-0.39, 0.29) is 5.97 Å². The van der Waals surface area contributed by atoms with Crippen LogP contribution >= 0.6 is 0 Å². The fourth-order valence-electron chi connectivity index (χ4n) is 3.13. The third-order valence-corrected chi connectivity index (χ3v) is 4.24. The topological polar surface area (TPSA) is 40.5 Å². The predicted molar refractivity (Wildman–Crippen MR) is 94.3 cm³/mol. The van der Waals surface area contributed by atoms with Crippen molar-refractivity contribution in [1.29, 1.82) is 0 Å². The summed E-state index contributed by atoms with van der Waals surface area (Å²) in [7, 11) is 3.11. The summed E-state index contributed by atoms with van der Waals surface area (Å²) in [5, 5.41) is 1.12. The summed E-state index contributed by atoms with van der Waals surface area (Å²) in [6.45, 7) is 3.31. The Morgan fingerprint density at radius 1 is 1.08 bits per heavy atom. The van der Waals surface area contributed by atoms with E-state index in [2.05, 4.69) is 35.0 Å². The van der Waals surface area contributed by atoms with E-state index in [1.807, 2.05) is 25.1 Å². The summed E-state index contributed by atoms with van der Waals surface area (Å²) in [6, 6.07) is 14.2. The largest absolute Gasteiger partial charge is 0.465 e. The maximum absolute atomic E-state index is 11.9. The summed E-state index contributed by atoms with van der Waals surface area (Å²) >= 11 is 0. The van der Waals surface area contributed by atoms with Gasteiger partial charge >= 0.3 is 5.97 Å². The van der Waals surface area contributed by atoms with E-state index in [4.69, 9.17) is 9.47 Å². The lowest BCUT2D eigenvalue weighted by atomic mass is 10.1. The van der Waals surface area contributed by atoms with Gasteiger partial charge in [0, 0.05) is 19.9 Å². The number of benzene rings is 2. The summed E-state index contributed by atoms with van der Waals surface area (Å²) in [4.78, 5) is 11.9. The van der Waals surface area contributed by atoms with Crippen molar-refractivity contribution < 1.29 is 14.3 Å². The quantitative estimate of drug-likeness (QED) is 0.668. The van der Waals surface area contributed by atoms with Gasteiger partial charge < -0.3 is 14.0 Å². The van der Waals surface area contributed by atoms with Crippen LogP contribution in [0.3, 0.4) is 0 Å². The maximum Gasteiger partial charge on any atom is 0.338 e. The van der Waals surface area contributed by atoms with E-state index in [1.165, 1.54) is 12.7 Å². The van der Waals surface area contributed by atoms with Gasteiger partial charge in [0.15, 0.2) is 0 Å². The molecule has 24 heavy (non-hydrogen) atoms. The van der Waals surface area contributed by atoms with E-state index < -0.39 is 0 Å². The Morgan fingerprint density at radius 3 is 2.62 bits per heavy atom. The van der Waals surface area contributed by atoms with Crippen molar-refractivity contribution in [2.45, 2.75) is 20.1 Å². The van der Waals surface area contributed by atoms with Crippen molar-refractivity contribution in [2.24, 2.45) is 0 Å². The van der Waals surface area contributed by atoms with Crippen molar-refractivity contribution in [3.8, 4) is 0 Å². The first-order valence-electron chi connectivity index (χ1n) is 7.87. The molecule has 3 rings (SSSR count). The second-order valence-corrected chi connectivity index (χ2v) is 5.86. The van der Waals surface area contributed by atoms with Crippen LogP contribution in [0.4, 0.5) is 0 Å². The normalized spacial score (nSPS) is 11.0. The number of rotatable bonds is 5. The lowest BCUT2D eigenvalue weighted by molar-refractivity contribution is 0.0600. The highest BCUT2D eigenvalue weighted by molar-refractivity contribution is 5.97. The molecule has 0 bridgehead atoms. The van der Waals surface area contributed by atoms with Crippen LogP contribution in [-0.4, -0.2) is 24.8 Å². The molecule has 0 amide bonds. The van der Waals surface area contributed by atoms with Crippen LogP contribution < -0.4 is 0 Å². The van der Waals surface area contributed by atoms with Gasteiger partial charge in [-0.1, -0.05) is 30.3 Å². The Hall–Kier alpha value is -2.59. The SMILES string of the molecule is COCc1cccc(Cn2ccc3ccc(C(=O)OC)c(C)c32)c1. The van der Waals surface area contributed by atoms with E-state index in [0.717, 1.165) is 28.6 Å². The molecule has 0 fully saturated rings. The zero-order valence-corrected chi connectivity index (χ0v) is 14.2. The number of carbonyl (C=O) groups is 1. The van der Waals surface area contributed by atoms with Crippen LogP contribution in [0.1, 0.15) is 27.0 Å². The minimum absolute atomic E-state index is 0.302. The Kier molecular flexibility index (Phi) is 4.67. The van der Waals surface area contributed by atoms with Gasteiger partial charge in [0.2, 0.25) is 0 Å². The molecule has 0 aliphatic carbocycles. The van der Waals surface area contributed by atoms with Crippen molar-refractivity contribution >= 4 is 16.9 Å². The Morgan fingerprint density at radius 2 is 1.88 bits per heavy atom. The first kappa shape index (κ1) is 16.3. The van der Waals surface area contributed by atoms with Crippen LogP contribution in [-0.2, 0) is 22.6 Å². The smallest absolute Gasteiger partial charge is 0.338 e. The molecule has 4 heteroatoms. The number of hydrogen-bond donors (Lipinski definition) is 0. The highest BCUT2D eigenvalue weighted by atomic mass is 16.5. The Labute approximate surface area is 141 Å². The monoisotopic (exact) mass is 323 g/mol. The minimum Gasteiger partial charge on any atom is -0.465 e. The Bertz CT molecular complexity index is 880. The second-order valence-electron chi connectivity index (χ2n) is 5.86. The highest BCUT2D eigenvalue weighted by Crippen LogP contribution is 2.25. The molecular formula is C20H21NO3. The van der Waals surface area contributed by atoms with E-state index >= 15 is 0 Å². The fraction of sp³-hybridized carbons (Fsp3) is 0.250. The molecule has 0 N–H and O–H groups in total. The van der Waals surface area contributed by atoms with E-state index in [0.29, 0.717) is 12.2 Å². The van der Waals surface area contributed by atoms with E-state index in [9.17, 15) is 4.79 Å². The number of ether oxygens (including phenoxy) is 2. The molecule has 0 unspecified atom stereocenters. The average molecular weight is 323 g/mol. The third-order valence-electron chi connectivity index (χ3n) is 4.24. The van der Waals surface area contributed by atoms with Crippen LogP contribution in [0.25, 0.3) is 10.9 Å². The highest BCUT2D eigenvalue weighted by Gasteiger charge is 2.14. The molecule has 0 atom stereocenters. The molecule has 1 aromatic heterocycles. The van der Waals surface area contributed by atoms with Crippen LogP contribution in [0, 0.1) is 6.92 Å². The minimum atomic E-state index is -0.302. The maximum atomic E-state index is 11.9. The van der Waals surface area contributed by atoms with Gasteiger partial charge in [-0.15, -0.1) is 0 Å². The average Bonchev–Trinajstić information content (AvgIpc) is 2.99. The number of methoxy groups -OCH3 is 2. The fourth-order valence-corrected chi connectivity index (χ4v) is 3.13. The molecule has 1 heterocycles. The van der Waals surface area contributed by atoms with Crippen LogP contribution in [0.5, 0.6) is 0 Å². The van der Waals surface area contributed by atoms with Crippen molar-refractivity contribution in [3.05, 3.63) is 70.9 Å². The molecular weight excluding hydrogens is 302 g/mol. The van der Waals surface area contributed by atoms with Gasteiger partial charge in [-0.3, -0.25) is 0 Å². The molecule has 3 aromatic rings. The zero-order valence-electron chi connectivity index (χ0n) is 14.2. The number of hydrogen-bond acceptors (Lipinski definition) is 3. The zero-order chi connectivity index (χ0) is 17.1. The predicted octanol–water partition coefficient (Wildman–Crippen LogP) is 3.93. The lowest BCUT2D eigenvalue weighted by Crippen LogP contribution is -2.06. The summed E-state index contributed by atoms with van der Waals surface area (Å²) in [6.07, 6.45) is 2.06. The van der Waals surface area contributed by atoms with Crippen molar-refractivity contribution in [3.63, 3.8) is 0 Å². The summed E-state index contributed by atoms with van der Waals surface area (Å²) < 4.78 is 12.3. The molecule has 0 saturated heterocycles. The summed E-state index contributed by atoms with van der Waals surface area (Å²) in [5.74, 6) is -0.302. The lowest BCUT2D eigenvalue weighted by Gasteiger charge is -2.11. The Balaban J connectivity index is 2.01. The van der Waals surface area contributed by atoms with Crippen molar-refractivity contribution in [1.82, 2.24) is 4.57 Å². The van der Waals surface area contributed by atoms with Gasteiger partial charge in [-0.25, -0.2) is 4.79 Å². The molecule has 0 saturated carbocycles. The number of nitrogens with zero attached hydrogens (tertiary/aromatic N) is 1. The van der Waals surface area contributed by atoms with Crippen molar-refractivity contribution in [2.75, 3.05) is 14.2 Å². The van der Waals surface area contributed by atoms with Crippen LogP contribution in [0.2, 0.25) is 0 Å². The van der Waals surface area contributed by atoms with Gasteiger partial charge in [0.25, 0.3) is 0 Å². The molecule has 4 nitrogen and oxygen atoms in total. The number of carbonyl (C=O) groups excluding carboxylic acids is 1. The van der Waals surface area contributed by atoms with Gasteiger partial charge in [0.05, 0.1) is 24.8 Å². The number of aryl methyl sites for hydroxylation is 1. The molecule has 0 spiro atoms. The standard InChI is InChI=1S/C20H21NO3/c1-14-18(20(22)24-3)8-7-17-9-10-21(19(14)17)12-15-5-4-6-16(11-15)13-23-2/h4-11H,12-13H2,1-3H3. The van der Waals surface area contributed by atoms with Gasteiger partial charge in [-0.05, 0) is 41.1 Å². The second kappa shape index (κ2) is 6.89. The van der Waals surface area contributed by atoms with Gasteiger partial charge in [0.1, 0.15) is 0 Å². The number of aromatic nitrogens is 1.